The Balaban J connectivity index is 1.82. The first-order valence-corrected chi connectivity index (χ1v) is 7.02. The molecule has 2 heterocycles. The topological polar surface area (TPSA) is 52.7 Å². The maximum absolute atomic E-state index is 12.1. The van der Waals surface area contributed by atoms with E-state index in [0.717, 1.165) is 38.9 Å². The summed E-state index contributed by atoms with van der Waals surface area (Å²) in [5.41, 5.74) is 0. The molecule has 0 aromatic carbocycles. The van der Waals surface area contributed by atoms with Gasteiger partial charge in [-0.15, -0.1) is 0 Å². The number of carbonyl (C=O) groups is 2. The highest BCUT2D eigenvalue weighted by atomic mass is 16.2. The molecular formula is C13H23N3O2. The van der Waals surface area contributed by atoms with Gasteiger partial charge in [0.1, 0.15) is 0 Å². The lowest BCUT2D eigenvalue weighted by molar-refractivity contribution is -0.139. The molecule has 1 N–H and O–H groups in total. The summed E-state index contributed by atoms with van der Waals surface area (Å²) in [6, 6.07) is -0.0795. The SMILES string of the molecule is CCNC1CCN(CC(=O)N2CCCCC2)C1=O. The molecule has 102 valence electrons. The maximum Gasteiger partial charge on any atom is 0.242 e. The van der Waals surface area contributed by atoms with Crippen molar-refractivity contribution in [1.29, 1.82) is 0 Å². The standard InChI is InChI=1S/C13H23N3O2/c1-2-14-11-6-9-16(13(11)18)10-12(17)15-7-4-3-5-8-15/h11,14H,2-10H2,1H3. The second-order valence-corrected chi connectivity index (χ2v) is 5.10. The van der Waals surface area contributed by atoms with Crippen LogP contribution in [0.15, 0.2) is 0 Å². The molecule has 2 amide bonds. The van der Waals surface area contributed by atoms with E-state index in [2.05, 4.69) is 5.32 Å². The van der Waals surface area contributed by atoms with E-state index in [0.29, 0.717) is 6.54 Å². The molecular weight excluding hydrogens is 230 g/mol. The molecule has 2 aliphatic heterocycles. The van der Waals surface area contributed by atoms with E-state index in [1.54, 1.807) is 4.90 Å². The number of piperidine rings is 1. The molecule has 0 aromatic rings. The van der Waals surface area contributed by atoms with E-state index in [4.69, 9.17) is 0 Å². The lowest BCUT2D eigenvalue weighted by Crippen LogP contribution is -2.45. The molecule has 0 spiro atoms. The van der Waals surface area contributed by atoms with E-state index < -0.39 is 0 Å². The Hall–Kier alpha value is -1.10. The summed E-state index contributed by atoms with van der Waals surface area (Å²) in [6.45, 7) is 5.48. The van der Waals surface area contributed by atoms with Gasteiger partial charge in [-0.05, 0) is 32.2 Å². The van der Waals surface area contributed by atoms with Crippen LogP contribution in [0.1, 0.15) is 32.6 Å². The summed E-state index contributed by atoms with van der Waals surface area (Å²) in [5.74, 6) is 0.197. The van der Waals surface area contributed by atoms with Gasteiger partial charge in [-0.3, -0.25) is 9.59 Å². The second-order valence-electron chi connectivity index (χ2n) is 5.10. The molecule has 2 saturated heterocycles. The molecule has 0 aliphatic carbocycles. The van der Waals surface area contributed by atoms with Crippen molar-refractivity contribution in [2.24, 2.45) is 0 Å². The summed E-state index contributed by atoms with van der Waals surface area (Å²) in [6.07, 6.45) is 4.23. The van der Waals surface area contributed by atoms with Crippen molar-refractivity contribution in [1.82, 2.24) is 15.1 Å². The molecule has 18 heavy (non-hydrogen) atoms. The molecule has 1 unspecified atom stereocenters. The summed E-state index contributed by atoms with van der Waals surface area (Å²) >= 11 is 0. The van der Waals surface area contributed by atoms with Crippen LogP contribution in [-0.4, -0.2) is 60.4 Å². The number of nitrogens with one attached hydrogen (secondary N) is 1. The van der Waals surface area contributed by atoms with Crippen LogP contribution in [0.3, 0.4) is 0 Å². The van der Waals surface area contributed by atoms with Crippen LogP contribution in [0.5, 0.6) is 0 Å². The van der Waals surface area contributed by atoms with Gasteiger partial charge in [0.15, 0.2) is 0 Å². The second kappa shape index (κ2) is 6.18. The van der Waals surface area contributed by atoms with Crippen molar-refractivity contribution in [3.05, 3.63) is 0 Å². The first-order chi connectivity index (χ1) is 8.72. The van der Waals surface area contributed by atoms with Crippen molar-refractivity contribution in [2.45, 2.75) is 38.6 Å². The van der Waals surface area contributed by atoms with Crippen LogP contribution in [0.25, 0.3) is 0 Å². The van der Waals surface area contributed by atoms with Gasteiger partial charge < -0.3 is 15.1 Å². The third-order valence-corrected chi connectivity index (χ3v) is 3.78. The van der Waals surface area contributed by atoms with Crippen molar-refractivity contribution >= 4 is 11.8 Å². The third kappa shape index (κ3) is 3.02. The number of amides is 2. The molecule has 0 aromatic heterocycles. The fourth-order valence-corrected chi connectivity index (χ4v) is 2.74. The van der Waals surface area contributed by atoms with Crippen molar-refractivity contribution < 1.29 is 9.59 Å². The van der Waals surface area contributed by atoms with Crippen LogP contribution >= 0.6 is 0 Å². The van der Waals surface area contributed by atoms with Gasteiger partial charge in [-0.1, -0.05) is 6.92 Å². The van der Waals surface area contributed by atoms with E-state index in [1.165, 1.54) is 6.42 Å². The highest BCUT2D eigenvalue weighted by Crippen LogP contribution is 2.13. The zero-order valence-electron chi connectivity index (χ0n) is 11.2. The van der Waals surface area contributed by atoms with Gasteiger partial charge in [0.25, 0.3) is 0 Å². The molecule has 2 aliphatic rings. The molecule has 2 rings (SSSR count). The fourth-order valence-electron chi connectivity index (χ4n) is 2.74. The van der Waals surface area contributed by atoms with Gasteiger partial charge in [-0.2, -0.15) is 0 Å². The number of nitrogens with zero attached hydrogens (tertiary/aromatic N) is 2. The summed E-state index contributed by atoms with van der Waals surface area (Å²) < 4.78 is 0. The Kier molecular flexibility index (Phi) is 4.58. The van der Waals surface area contributed by atoms with Crippen LogP contribution < -0.4 is 5.32 Å². The van der Waals surface area contributed by atoms with Crippen molar-refractivity contribution in [3.8, 4) is 0 Å². The normalized spacial score (nSPS) is 24.7. The molecule has 0 bridgehead atoms. The summed E-state index contributed by atoms with van der Waals surface area (Å²) in [4.78, 5) is 27.7. The molecule has 2 fully saturated rings. The fraction of sp³-hybridized carbons (Fsp3) is 0.846. The predicted octanol–water partition coefficient (Wildman–Crippen LogP) is 0.209. The van der Waals surface area contributed by atoms with E-state index >= 15 is 0 Å². The highest BCUT2D eigenvalue weighted by molar-refractivity contribution is 5.89. The number of rotatable bonds is 4. The van der Waals surface area contributed by atoms with Gasteiger partial charge in [-0.25, -0.2) is 0 Å². The van der Waals surface area contributed by atoms with E-state index in [1.807, 2.05) is 11.8 Å². The number of hydrogen-bond acceptors (Lipinski definition) is 3. The van der Waals surface area contributed by atoms with Crippen LogP contribution in [0.2, 0.25) is 0 Å². The van der Waals surface area contributed by atoms with E-state index in [9.17, 15) is 9.59 Å². The minimum atomic E-state index is -0.0795. The Labute approximate surface area is 108 Å². The van der Waals surface area contributed by atoms with Crippen LogP contribution in [0, 0.1) is 0 Å². The zero-order chi connectivity index (χ0) is 13.0. The van der Waals surface area contributed by atoms with Crippen molar-refractivity contribution in [3.63, 3.8) is 0 Å². The lowest BCUT2D eigenvalue weighted by Gasteiger charge is -2.28. The summed E-state index contributed by atoms with van der Waals surface area (Å²) in [5, 5.41) is 3.16. The zero-order valence-corrected chi connectivity index (χ0v) is 11.2. The first-order valence-electron chi connectivity index (χ1n) is 7.02. The van der Waals surface area contributed by atoms with Gasteiger partial charge in [0, 0.05) is 19.6 Å². The Morgan fingerprint density at radius 3 is 2.67 bits per heavy atom. The maximum atomic E-state index is 12.1. The quantitative estimate of drug-likeness (QED) is 0.779. The van der Waals surface area contributed by atoms with Gasteiger partial charge in [0.2, 0.25) is 11.8 Å². The largest absolute Gasteiger partial charge is 0.341 e. The van der Waals surface area contributed by atoms with Crippen LogP contribution in [-0.2, 0) is 9.59 Å². The average Bonchev–Trinajstić information content (AvgIpc) is 2.73. The molecule has 0 saturated carbocycles. The lowest BCUT2D eigenvalue weighted by atomic mass is 10.1. The number of hydrogen-bond donors (Lipinski definition) is 1. The number of likely N-dealkylation sites (N-methyl/N-ethyl adjacent to an activating group) is 1. The predicted molar refractivity (Wildman–Crippen MR) is 69.1 cm³/mol. The number of carbonyl (C=O) groups excluding carboxylic acids is 2. The van der Waals surface area contributed by atoms with Crippen LogP contribution in [0.4, 0.5) is 0 Å². The molecule has 5 heteroatoms. The van der Waals surface area contributed by atoms with Gasteiger partial charge in [0.05, 0.1) is 12.6 Å². The van der Waals surface area contributed by atoms with Crippen molar-refractivity contribution in [2.75, 3.05) is 32.7 Å². The molecule has 1 atom stereocenters. The van der Waals surface area contributed by atoms with E-state index in [-0.39, 0.29) is 24.4 Å². The minimum Gasteiger partial charge on any atom is -0.341 e. The Morgan fingerprint density at radius 2 is 2.00 bits per heavy atom. The molecule has 5 nitrogen and oxygen atoms in total. The average molecular weight is 253 g/mol. The molecule has 0 radical (unpaired) electrons. The highest BCUT2D eigenvalue weighted by Gasteiger charge is 2.32. The van der Waals surface area contributed by atoms with Gasteiger partial charge >= 0.3 is 0 Å². The first kappa shape index (κ1) is 13.3. The third-order valence-electron chi connectivity index (χ3n) is 3.78. The monoisotopic (exact) mass is 253 g/mol. The minimum absolute atomic E-state index is 0.0795. The summed E-state index contributed by atoms with van der Waals surface area (Å²) in [7, 11) is 0. The Morgan fingerprint density at radius 1 is 1.28 bits per heavy atom. The smallest absolute Gasteiger partial charge is 0.242 e. The Bertz CT molecular complexity index is 313. The number of likely N-dealkylation sites (tertiary alicyclic amines) is 2.